The van der Waals surface area contributed by atoms with E-state index in [-0.39, 0.29) is 23.9 Å². The fourth-order valence-electron chi connectivity index (χ4n) is 3.63. The molecule has 2 N–H and O–H groups in total. The van der Waals surface area contributed by atoms with Crippen molar-refractivity contribution in [3.05, 3.63) is 0 Å². The Morgan fingerprint density at radius 2 is 1.86 bits per heavy atom. The number of likely N-dealkylation sites (tertiary alicyclic amines) is 1. The summed E-state index contributed by atoms with van der Waals surface area (Å²) in [6.07, 6.45) is 0.485. The highest BCUT2D eigenvalue weighted by molar-refractivity contribution is 5.86. The second kappa shape index (κ2) is 5.14. The molecule has 0 spiro atoms. The fraction of sp³-hybridized carbons (Fsp3) is 0.800. The molecule has 0 unspecified atom stereocenters. The Labute approximate surface area is 130 Å². The molecular weight excluding hydrogens is 288 g/mol. The van der Waals surface area contributed by atoms with Crippen LogP contribution in [0.15, 0.2) is 0 Å². The number of nitrogens with one attached hydrogen (secondary N) is 1. The zero-order valence-corrected chi connectivity index (χ0v) is 13.7. The van der Waals surface area contributed by atoms with Gasteiger partial charge in [-0.3, -0.25) is 9.69 Å². The first kappa shape index (κ1) is 16.6. The number of ether oxygens (including phenoxy) is 1. The zero-order valence-electron chi connectivity index (χ0n) is 13.7. The van der Waals surface area contributed by atoms with Crippen molar-refractivity contribution in [2.45, 2.75) is 70.7 Å². The van der Waals surface area contributed by atoms with Crippen molar-refractivity contribution in [1.82, 2.24) is 10.2 Å². The van der Waals surface area contributed by atoms with E-state index in [1.54, 1.807) is 27.7 Å². The van der Waals surface area contributed by atoms with Gasteiger partial charge in [0.2, 0.25) is 5.91 Å². The van der Waals surface area contributed by atoms with Gasteiger partial charge in [-0.1, -0.05) is 0 Å². The number of rotatable bonds is 2. The first-order chi connectivity index (χ1) is 9.96. The Hall–Kier alpha value is -1.79. The number of nitrogens with zero attached hydrogens (tertiary/aromatic N) is 1. The van der Waals surface area contributed by atoms with E-state index in [4.69, 9.17) is 4.74 Å². The van der Waals surface area contributed by atoms with Gasteiger partial charge in [0.15, 0.2) is 0 Å². The number of carbonyl (C=O) groups excluding carboxylic acids is 2. The summed E-state index contributed by atoms with van der Waals surface area (Å²) < 4.78 is 5.38. The lowest BCUT2D eigenvalue weighted by Crippen LogP contribution is -2.64. The quantitative estimate of drug-likeness (QED) is 0.802. The first-order valence-electron chi connectivity index (χ1n) is 7.49. The fourth-order valence-corrected chi connectivity index (χ4v) is 3.63. The van der Waals surface area contributed by atoms with Crippen LogP contribution >= 0.6 is 0 Å². The van der Waals surface area contributed by atoms with E-state index in [1.807, 2.05) is 0 Å². The molecule has 1 saturated heterocycles. The summed E-state index contributed by atoms with van der Waals surface area (Å²) >= 11 is 0. The molecular formula is C15H24N2O5. The molecule has 2 amide bonds. The topological polar surface area (TPSA) is 95.9 Å². The monoisotopic (exact) mass is 312 g/mol. The lowest BCUT2D eigenvalue weighted by atomic mass is 9.83. The Bertz CT molecular complexity index is 513. The number of carboxylic acids is 1. The van der Waals surface area contributed by atoms with Gasteiger partial charge >= 0.3 is 12.1 Å². The normalized spacial score (nSPS) is 33.7. The van der Waals surface area contributed by atoms with E-state index in [9.17, 15) is 19.5 Å². The van der Waals surface area contributed by atoms with Gasteiger partial charge in [-0.2, -0.15) is 0 Å². The van der Waals surface area contributed by atoms with Crippen LogP contribution in [0.5, 0.6) is 0 Å². The second-order valence-electron chi connectivity index (χ2n) is 7.35. The van der Waals surface area contributed by atoms with Gasteiger partial charge in [0.1, 0.15) is 11.1 Å². The molecule has 0 radical (unpaired) electrons. The van der Waals surface area contributed by atoms with Crippen molar-refractivity contribution < 1.29 is 24.2 Å². The van der Waals surface area contributed by atoms with Gasteiger partial charge < -0.3 is 15.2 Å². The highest BCUT2D eigenvalue weighted by atomic mass is 16.6. The largest absolute Gasteiger partial charge is 0.479 e. The number of piperidine rings is 1. The maximum absolute atomic E-state index is 12.5. The molecule has 7 nitrogen and oxygen atoms in total. The van der Waals surface area contributed by atoms with Crippen molar-refractivity contribution in [1.29, 1.82) is 0 Å². The van der Waals surface area contributed by atoms with Crippen molar-refractivity contribution in [2.24, 2.45) is 5.92 Å². The van der Waals surface area contributed by atoms with Crippen LogP contribution in [-0.4, -0.2) is 51.2 Å². The predicted octanol–water partition coefficient (Wildman–Crippen LogP) is 1.36. The number of aliphatic carboxylic acids is 1. The number of carbonyl (C=O) groups is 3. The summed E-state index contributed by atoms with van der Waals surface area (Å²) in [7, 11) is 0. The van der Waals surface area contributed by atoms with Crippen LogP contribution in [-0.2, 0) is 14.3 Å². The second-order valence-corrected chi connectivity index (χ2v) is 7.35. The van der Waals surface area contributed by atoms with E-state index in [1.165, 1.54) is 11.8 Å². The highest BCUT2D eigenvalue weighted by Crippen LogP contribution is 2.49. The van der Waals surface area contributed by atoms with E-state index >= 15 is 0 Å². The molecule has 0 aromatic rings. The Morgan fingerprint density at radius 3 is 2.32 bits per heavy atom. The summed E-state index contributed by atoms with van der Waals surface area (Å²) in [6.45, 7) is 8.20. The van der Waals surface area contributed by atoms with Gasteiger partial charge in [0.05, 0.1) is 6.04 Å². The summed E-state index contributed by atoms with van der Waals surface area (Å²) in [5.41, 5.74) is -2.00. The average molecular weight is 312 g/mol. The smallest absolute Gasteiger partial charge is 0.411 e. The van der Waals surface area contributed by atoms with Gasteiger partial charge in [0, 0.05) is 13.0 Å². The van der Waals surface area contributed by atoms with Crippen molar-refractivity contribution in [2.75, 3.05) is 0 Å². The van der Waals surface area contributed by atoms with Gasteiger partial charge in [-0.15, -0.1) is 0 Å². The minimum atomic E-state index is -1.29. The number of hydrogen-bond donors (Lipinski definition) is 2. The minimum Gasteiger partial charge on any atom is -0.479 e. The standard InChI is InChI=1S/C15H24N2O5/c1-8(18)16-10-6-9-7-11(10)17(15(9,5)12(19)20)13(21)22-14(2,3)4/h9-11H,6-7H2,1-5H3,(H,16,18)(H,19,20)/t9-,10-,11-,15+/m1/s1. The molecule has 1 aliphatic carbocycles. The van der Waals surface area contributed by atoms with Crippen molar-refractivity contribution >= 4 is 18.0 Å². The van der Waals surface area contributed by atoms with E-state index in [0.717, 1.165) is 0 Å². The van der Waals surface area contributed by atoms with Crippen LogP contribution in [0.1, 0.15) is 47.5 Å². The molecule has 0 aromatic heterocycles. The SMILES string of the molecule is CC(=O)N[C@@H]1C[C@@H]2C[C@H]1N(C(=O)OC(C)(C)C)[C@]2(C)C(=O)O. The summed E-state index contributed by atoms with van der Waals surface area (Å²) in [5, 5.41) is 12.5. The highest BCUT2D eigenvalue weighted by Gasteiger charge is 2.64. The summed E-state index contributed by atoms with van der Waals surface area (Å²) in [4.78, 5) is 36.9. The molecule has 22 heavy (non-hydrogen) atoms. The van der Waals surface area contributed by atoms with Crippen LogP contribution in [0, 0.1) is 5.92 Å². The third kappa shape index (κ3) is 2.64. The van der Waals surface area contributed by atoms with Crippen LogP contribution in [0.25, 0.3) is 0 Å². The number of carboxylic acid groups (broad SMARTS) is 1. The predicted molar refractivity (Wildman–Crippen MR) is 78.2 cm³/mol. The van der Waals surface area contributed by atoms with E-state index in [0.29, 0.717) is 12.8 Å². The van der Waals surface area contributed by atoms with E-state index in [2.05, 4.69) is 5.32 Å². The van der Waals surface area contributed by atoms with Crippen LogP contribution in [0.2, 0.25) is 0 Å². The van der Waals surface area contributed by atoms with Crippen LogP contribution in [0.3, 0.4) is 0 Å². The molecule has 2 fully saturated rings. The lowest BCUT2D eigenvalue weighted by Gasteiger charge is -2.44. The van der Waals surface area contributed by atoms with E-state index < -0.39 is 23.2 Å². The maximum Gasteiger partial charge on any atom is 0.411 e. The maximum atomic E-state index is 12.5. The number of hydrogen-bond acceptors (Lipinski definition) is 4. The molecule has 7 heteroatoms. The molecule has 1 aliphatic heterocycles. The van der Waals surface area contributed by atoms with Gasteiger partial charge in [-0.05, 0) is 46.5 Å². The molecule has 2 rings (SSSR count). The van der Waals surface area contributed by atoms with Gasteiger partial charge in [-0.25, -0.2) is 9.59 Å². The first-order valence-corrected chi connectivity index (χ1v) is 7.49. The third-order valence-corrected chi connectivity index (χ3v) is 4.57. The van der Waals surface area contributed by atoms with Crippen molar-refractivity contribution in [3.8, 4) is 0 Å². The minimum absolute atomic E-state index is 0.182. The molecule has 0 aromatic carbocycles. The van der Waals surface area contributed by atoms with Crippen LogP contribution in [0.4, 0.5) is 4.79 Å². The Kier molecular flexibility index (Phi) is 3.87. The average Bonchev–Trinajstić information content (AvgIpc) is 2.81. The Balaban J connectivity index is 2.31. The third-order valence-electron chi connectivity index (χ3n) is 4.57. The van der Waals surface area contributed by atoms with Gasteiger partial charge in [0.25, 0.3) is 0 Å². The molecule has 1 heterocycles. The number of fused-ring (bicyclic) bond motifs is 2. The molecule has 4 atom stereocenters. The summed E-state index contributed by atoms with van der Waals surface area (Å²) in [5.74, 6) is -1.41. The molecule has 2 bridgehead atoms. The molecule has 124 valence electrons. The zero-order chi connectivity index (χ0) is 16.9. The van der Waals surface area contributed by atoms with Crippen LogP contribution < -0.4 is 5.32 Å². The lowest BCUT2D eigenvalue weighted by molar-refractivity contribution is -0.153. The molecule has 2 aliphatic rings. The Morgan fingerprint density at radius 1 is 1.27 bits per heavy atom. The molecule has 1 saturated carbocycles. The van der Waals surface area contributed by atoms with Crippen molar-refractivity contribution in [3.63, 3.8) is 0 Å². The number of amides is 2. The summed E-state index contributed by atoms with van der Waals surface area (Å²) in [6, 6.07) is -0.563.